The number of halogens is 4. The normalized spacial score (nSPS) is 23.3. The Morgan fingerprint density at radius 2 is 1.80 bits per heavy atom. The largest absolute Gasteiger partial charge is 0.477 e. The van der Waals surface area contributed by atoms with Gasteiger partial charge in [0.2, 0.25) is 11.8 Å². The van der Waals surface area contributed by atoms with Crippen molar-refractivity contribution in [2.24, 2.45) is 17.1 Å². The number of alkyl halides is 3. The predicted octanol–water partition coefficient (Wildman–Crippen LogP) is 5.19. The van der Waals surface area contributed by atoms with E-state index in [0.717, 1.165) is 18.9 Å². The minimum absolute atomic E-state index is 0.0871. The van der Waals surface area contributed by atoms with Gasteiger partial charge in [0, 0.05) is 42.0 Å². The maximum atomic E-state index is 15.1. The summed E-state index contributed by atoms with van der Waals surface area (Å²) in [4.78, 5) is 32.6. The van der Waals surface area contributed by atoms with Gasteiger partial charge in [-0.2, -0.15) is 13.2 Å². The number of likely N-dealkylation sites (tertiary alicyclic amines) is 2. The molecule has 2 aromatic rings. The van der Waals surface area contributed by atoms with Gasteiger partial charge in [-0.05, 0) is 82.7 Å². The number of amides is 2. The molecule has 0 spiro atoms. The molecule has 3 heterocycles. The fourth-order valence-electron chi connectivity index (χ4n) is 6.29. The van der Waals surface area contributed by atoms with E-state index in [1.165, 1.54) is 23.2 Å². The molecule has 1 aromatic heterocycles. The molecule has 3 aliphatic rings. The molecule has 0 radical (unpaired) electrons. The molecule has 2 N–H and O–H groups in total. The first-order chi connectivity index (χ1) is 19.4. The van der Waals surface area contributed by atoms with Crippen LogP contribution in [0.15, 0.2) is 36.5 Å². The molecule has 1 atom stereocenters. The highest BCUT2D eigenvalue weighted by molar-refractivity contribution is 5.99. The van der Waals surface area contributed by atoms with Crippen LogP contribution in [0.5, 0.6) is 5.88 Å². The molecule has 1 saturated carbocycles. The van der Waals surface area contributed by atoms with Crippen LogP contribution >= 0.6 is 0 Å². The Kier molecular flexibility index (Phi) is 8.02. The van der Waals surface area contributed by atoms with Gasteiger partial charge in [-0.15, -0.1) is 0 Å². The molecule has 1 unspecified atom stereocenters. The fourth-order valence-corrected chi connectivity index (χ4v) is 6.29. The van der Waals surface area contributed by atoms with Crippen LogP contribution in [0.3, 0.4) is 0 Å². The highest BCUT2D eigenvalue weighted by atomic mass is 19.4. The van der Waals surface area contributed by atoms with Crippen LogP contribution in [-0.2, 0) is 4.79 Å². The summed E-state index contributed by atoms with van der Waals surface area (Å²) < 4.78 is 61.4. The van der Waals surface area contributed by atoms with E-state index in [1.54, 1.807) is 19.1 Å². The molecule has 2 saturated heterocycles. The van der Waals surface area contributed by atoms with E-state index in [1.807, 2.05) is 4.90 Å². The van der Waals surface area contributed by atoms with Crippen LogP contribution in [-0.4, -0.2) is 71.1 Å². The molecule has 11 heteroatoms. The van der Waals surface area contributed by atoms with Gasteiger partial charge in [0.25, 0.3) is 5.91 Å². The number of pyridine rings is 1. The van der Waals surface area contributed by atoms with Crippen molar-refractivity contribution in [2.45, 2.75) is 63.6 Å². The maximum absolute atomic E-state index is 15.1. The number of nitrogens with two attached hydrogens (primary N) is 1. The predicted molar refractivity (Wildman–Crippen MR) is 144 cm³/mol. The Balaban J connectivity index is 1.14. The molecule has 1 aromatic carbocycles. The van der Waals surface area contributed by atoms with Gasteiger partial charge in [-0.3, -0.25) is 9.59 Å². The molecule has 7 nitrogen and oxygen atoms in total. The zero-order valence-corrected chi connectivity index (χ0v) is 23.2. The summed E-state index contributed by atoms with van der Waals surface area (Å²) in [5.41, 5.74) is 3.84. The number of hydrogen-bond donors (Lipinski definition) is 1. The van der Waals surface area contributed by atoms with Crippen molar-refractivity contribution in [1.29, 1.82) is 0 Å². The first-order valence-corrected chi connectivity index (χ1v) is 14.2. The fraction of sp³-hybridized carbons (Fsp3) is 0.567. The second-order valence-corrected chi connectivity index (χ2v) is 11.9. The van der Waals surface area contributed by atoms with Gasteiger partial charge < -0.3 is 20.3 Å². The SMILES string of the molecule is CC1(C(N)=O)CCCN1C(=O)c1ccc(-c2ccc(OCC3CCN(CC4(C(F)(F)F)CCC4)CC3)nc2)c(F)c1. The number of primary amides is 1. The number of piperidine rings is 1. The van der Waals surface area contributed by atoms with Gasteiger partial charge in [-0.25, -0.2) is 9.37 Å². The van der Waals surface area contributed by atoms with Gasteiger partial charge >= 0.3 is 6.18 Å². The summed E-state index contributed by atoms with van der Waals surface area (Å²) in [7, 11) is 0. The third-order valence-electron chi connectivity index (χ3n) is 9.29. The summed E-state index contributed by atoms with van der Waals surface area (Å²) in [6.07, 6.45) is 1.08. The van der Waals surface area contributed by atoms with E-state index >= 15 is 4.39 Å². The van der Waals surface area contributed by atoms with Crippen molar-refractivity contribution in [2.75, 3.05) is 32.8 Å². The number of carbonyl (C=O) groups excluding carboxylic acids is 2. The number of hydrogen-bond acceptors (Lipinski definition) is 5. The Hall–Kier alpha value is -3.21. The monoisotopic (exact) mass is 576 g/mol. The molecular weight excluding hydrogens is 540 g/mol. The Morgan fingerprint density at radius 3 is 2.37 bits per heavy atom. The summed E-state index contributed by atoms with van der Waals surface area (Å²) in [5.74, 6) is -1.00. The Labute approximate surface area is 237 Å². The molecule has 3 fully saturated rings. The van der Waals surface area contributed by atoms with Crippen molar-refractivity contribution < 1.29 is 31.9 Å². The lowest BCUT2D eigenvalue weighted by Gasteiger charge is -2.47. The summed E-state index contributed by atoms with van der Waals surface area (Å²) >= 11 is 0. The van der Waals surface area contributed by atoms with Gasteiger partial charge in [0.15, 0.2) is 0 Å². The number of ether oxygens (including phenoxy) is 1. The Bertz CT molecular complexity index is 1270. The zero-order chi connectivity index (χ0) is 29.4. The number of rotatable bonds is 8. The first-order valence-electron chi connectivity index (χ1n) is 14.2. The highest BCUT2D eigenvalue weighted by Crippen LogP contribution is 2.53. The first kappa shape index (κ1) is 29.3. The molecule has 2 amide bonds. The minimum atomic E-state index is -4.15. The van der Waals surface area contributed by atoms with E-state index in [-0.39, 0.29) is 36.4 Å². The average Bonchev–Trinajstić information content (AvgIpc) is 3.32. The minimum Gasteiger partial charge on any atom is -0.477 e. The van der Waals surface area contributed by atoms with Crippen LogP contribution in [0, 0.1) is 17.2 Å². The standard InChI is InChI=1S/C30H36F4N4O3/c1-28(27(35)40)10-3-13-38(28)26(39)21-4-6-23(24(31)16-21)22-5-7-25(36-17-22)41-18-20-8-14-37(15-9-20)19-29(11-2-12-29)30(32,33)34/h4-7,16-17,20H,2-3,8-15,18-19H2,1H3,(H2,35,40). The van der Waals surface area contributed by atoms with E-state index in [0.29, 0.717) is 56.9 Å². The van der Waals surface area contributed by atoms with Gasteiger partial charge in [-0.1, -0.05) is 12.5 Å². The average molecular weight is 577 g/mol. The van der Waals surface area contributed by atoms with E-state index in [9.17, 15) is 22.8 Å². The van der Waals surface area contributed by atoms with Crippen molar-refractivity contribution in [1.82, 2.24) is 14.8 Å². The van der Waals surface area contributed by atoms with Crippen LogP contribution in [0.25, 0.3) is 11.1 Å². The molecule has 1 aliphatic carbocycles. The lowest BCUT2D eigenvalue weighted by molar-refractivity contribution is -0.256. The molecule has 41 heavy (non-hydrogen) atoms. The number of nitrogens with zero attached hydrogens (tertiary/aromatic N) is 3. The zero-order valence-electron chi connectivity index (χ0n) is 23.2. The van der Waals surface area contributed by atoms with E-state index < -0.39 is 34.8 Å². The number of benzene rings is 1. The van der Waals surface area contributed by atoms with Crippen LogP contribution in [0.2, 0.25) is 0 Å². The summed E-state index contributed by atoms with van der Waals surface area (Å²) in [6.45, 7) is 3.75. The number of carbonyl (C=O) groups is 2. The molecular formula is C30H36F4N4O3. The third kappa shape index (κ3) is 5.78. The smallest absolute Gasteiger partial charge is 0.395 e. The summed E-state index contributed by atoms with van der Waals surface area (Å²) in [5, 5.41) is 0. The molecule has 2 aliphatic heterocycles. The van der Waals surface area contributed by atoms with Gasteiger partial charge in [0.1, 0.15) is 11.4 Å². The van der Waals surface area contributed by atoms with Crippen molar-refractivity contribution in [3.8, 4) is 17.0 Å². The van der Waals surface area contributed by atoms with Gasteiger partial charge in [0.05, 0.1) is 12.0 Å². The highest BCUT2D eigenvalue weighted by Gasteiger charge is 2.58. The Morgan fingerprint density at radius 1 is 1.07 bits per heavy atom. The van der Waals surface area contributed by atoms with Crippen LogP contribution in [0.4, 0.5) is 17.6 Å². The lowest BCUT2D eigenvalue weighted by Crippen LogP contribution is -2.53. The van der Waals surface area contributed by atoms with Crippen molar-refractivity contribution in [3.05, 3.63) is 47.9 Å². The second kappa shape index (κ2) is 11.2. The lowest BCUT2D eigenvalue weighted by atomic mass is 9.67. The second-order valence-electron chi connectivity index (χ2n) is 11.9. The van der Waals surface area contributed by atoms with Crippen molar-refractivity contribution >= 4 is 11.8 Å². The number of aromatic nitrogens is 1. The van der Waals surface area contributed by atoms with Crippen molar-refractivity contribution in [3.63, 3.8) is 0 Å². The van der Waals surface area contributed by atoms with Crippen LogP contribution in [0.1, 0.15) is 62.2 Å². The quantitative estimate of drug-likeness (QED) is 0.437. The third-order valence-corrected chi connectivity index (χ3v) is 9.29. The molecule has 0 bridgehead atoms. The maximum Gasteiger partial charge on any atom is 0.395 e. The van der Waals surface area contributed by atoms with E-state index in [2.05, 4.69) is 4.98 Å². The topological polar surface area (TPSA) is 88.8 Å². The van der Waals surface area contributed by atoms with E-state index in [4.69, 9.17) is 10.5 Å². The molecule has 5 rings (SSSR count). The summed E-state index contributed by atoms with van der Waals surface area (Å²) in [6, 6.07) is 7.53. The van der Waals surface area contributed by atoms with Crippen LogP contribution < -0.4 is 10.5 Å². The molecule has 222 valence electrons.